The molecular weight excluding hydrogens is 401 g/mol. The lowest BCUT2D eigenvalue weighted by atomic mass is 9.91. The molecule has 3 rings (SSSR count). The largest absolute Gasteiger partial charge is 0.496 e. The molecule has 0 spiro atoms. The predicted octanol–water partition coefficient (Wildman–Crippen LogP) is 2.56. The summed E-state index contributed by atoms with van der Waals surface area (Å²) in [7, 11) is 3.34. The van der Waals surface area contributed by atoms with Gasteiger partial charge >= 0.3 is 0 Å². The number of methoxy groups -OCH3 is 2. The van der Waals surface area contributed by atoms with E-state index >= 15 is 0 Å². The maximum atomic E-state index is 12.9. The minimum atomic E-state index is -0.707. The number of amides is 1. The summed E-state index contributed by atoms with van der Waals surface area (Å²) in [5.74, 6) is 0.877. The minimum absolute atomic E-state index is 0. The maximum Gasteiger partial charge on any atom is 0.252 e. The Bertz CT molecular complexity index is 606. The number of rotatable bonds is 7. The number of hydrogen-bond acceptors (Lipinski definition) is 5. The Morgan fingerprint density at radius 3 is 2.43 bits per heavy atom. The van der Waals surface area contributed by atoms with Gasteiger partial charge in [-0.05, 0) is 57.9 Å². The van der Waals surface area contributed by atoms with E-state index in [1.807, 2.05) is 18.2 Å². The van der Waals surface area contributed by atoms with Crippen LogP contribution in [0.3, 0.4) is 0 Å². The predicted molar refractivity (Wildman–Crippen MR) is 116 cm³/mol. The fraction of sp³-hybridized carbons (Fsp3) is 0.650. The van der Waals surface area contributed by atoms with E-state index in [0.29, 0.717) is 19.4 Å². The maximum absolute atomic E-state index is 12.9. The van der Waals surface area contributed by atoms with Crippen molar-refractivity contribution in [3.05, 3.63) is 29.8 Å². The summed E-state index contributed by atoms with van der Waals surface area (Å²) in [4.78, 5) is 15.4. The van der Waals surface area contributed by atoms with Crippen LogP contribution in [0.25, 0.3) is 0 Å². The van der Waals surface area contributed by atoms with Crippen LogP contribution in [0.4, 0.5) is 0 Å². The molecule has 8 heteroatoms. The van der Waals surface area contributed by atoms with Gasteiger partial charge in [0.15, 0.2) is 0 Å². The lowest BCUT2D eigenvalue weighted by molar-refractivity contribution is -0.147. The summed E-state index contributed by atoms with van der Waals surface area (Å²) in [6.07, 6.45) is 3.82. The van der Waals surface area contributed by atoms with Crippen LogP contribution in [-0.4, -0.2) is 63.4 Å². The number of nitrogens with zero attached hydrogens (tertiary/aromatic N) is 1. The molecule has 0 radical (unpaired) electrons. The first-order chi connectivity index (χ1) is 12.7. The van der Waals surface area contributed by atoms with Gasteiger partial charge in [-0.3, -0.25) is 9.69 Å². The van der Waals surface area contributed by atoms with Crippen LogP contribution in [0, 0.1) is 0 Å². The summed E-state index contributed by atoms with van der Waals surface area (Å²) >= 11 is 0. The Labute approximate surface area is 180 Å². The van der Waals surface area contributed by atoms with Crippen LogP contribution in [0.5, 0.6) is 5.75 Å². The molecule has 0 aromatic heterocycles. The van der Waals surface area contributed by atoms with Crippen LogP contribution < -0.4 is 15.4 Å². The van der Waals surface area contributed by atoms with Crippen molar-refractivity contribution in [1.82, 2.24) is 15.5 Å². The summed E-state index contributed by atoms with van der Waals surface area (Å²) in [5.41, 5.74) is 0.427. The van der Waals surface area contributed by atoms with Crippen molar-refractivity contribution in [3.8, 4) is 5.75 Å². The summed E-state index contributed by atoms with van der Waals surface area (Å²) in [6.45, 7) is 4.29. The van der Waals surface area contributed by atoms with Crippen LogP contribution in [0.15, 0.2) is 24.3 Å². The van der Waals surface area contributed by atoms with Gasteiger partial charge in [-0.25, -0.2) is 0 Å². The van der Waals surface area contributed by atoms with Gasteiger partial charge in [-0.15, -0.1) is 24.8 Å². The van der Waals surface area contributed by atoms with Crippen molar-refractivity contribution in [2.45, 2.75) is 37.3 Å². The van der Waals surface area contributed by atoms with E-state index in [0.717, 1.165) is 37.5 Å². The van der Waals surface area contributed by atoms with Crippen molar-refractivity contribution >= 4 is 30.7 Å². The molecule has 1 unspecified atom stereocenters. The molecule has 1 amide bonds. The molecule has 2 aliphatic rings. The first-order valence-electron chi connectivity index (χ1n) is 9.61. The number of ether oxygens (including phenoxy) is 2. The Morgan fingerprint density at radius 2 is 1.82 bits per heavy atom. The molecule has 2 N–H and O–H groups in total. The van der Waals surface area contributed by atoms with Crippen molar-refractivity contribution in [3.63, 3.8) is 0 Å². The molecule has 0 aliphatic carbocycles. The fourth-order valence-corrected chi connectivity index (χ4v) is 4.14. The lowest BCUT2D eigenvalue weighted by Gasteiger charge is -2.36. The third kappa shape index (κ3) is 5.51. The zero-order valence-corrected chi connectivity index (χ0v) is 18.4. The van der Waals surface area contributed by atoms with E-state index in [9.17, 15) is 4.79 Å². The molecule has 6 nitrogen and oxygen atoms in total. The summed E-state index contributed by atoms with van der Waals surface area (Å²) < 4.78 is 11.2. The van der Waals surface area contributed by atoms with E-state index in [-0.39, 0.29) is 36.8 Å². The molecule has 0 saturated carbocycles. The highest BCUT2D eigenvalue weighted by Gasteiger charge is 2.40. The van der Waals surface area contributed by atoms with E-state index in [2.05, 4.69) is 21.6 Å². The van der Waals surface area contributed by atoms with Gasteiger partial charge in [0.1, 0.15) is 11.4 Å². The van der Waals surface area contributed by atoms with Gasteiger partial charge in [0.2, 0.25) is 0 Å². The molecule has 1 aromatic carbocycles. The quantitative estimate of drug-likeness (QED) is 0.691. The molecule has 2 fully saturated rings. The molecule has 28 heavy (non-hydrogen) atoms. The van der Waals surface area contributed by atoms with Crippen LogP contribution in [-0.2, 0) is 9.53 Å². The van der Waals surface area contributed by atoms with Crippen LogP contribution in [0.1, 0.15) is 37.3 Å². The molecule has 160 valence electrons. The second-order valence-electron chi connectivity index (χ2n) is 7.16. The number of benzene rings is 1. The van der Waals surface area contributed by atoms with Crippen molar-refractivity contribution < 1.29 is 14.3 Å². The number of hydrogen-bond donors (Lipinski definition) is 2. The first-order valence-corrected chi connectivity index (χ1v) is 9.61. The van der Waals surface area contributed by atoms with Crippen LogP contribution >= 0.6 is 24.8 Å². The zero-order chi connectivity index (χ0) is 18.4. The second kappa shape index (κ2) is 11.8. The van der Waals surface area contributed by atoms with Gasteiger partial charge in [0.25, 0.3) is 5.91 Å². The Balaban J connectivity index is 0.00000196. The van der Waals surface area contributed by atoms with Crippen molar-refractivity contribution in [2.75, 3.05) is 46.9 Å². The normalized spacial score (nSPS) is 19.8. The standard InChI is InChI=1S/C20H31N3O3.2ClH/c1-25-18-8-4-3-7-16(18)17(23-13-5-6-14-23)15-22-19(24)20(26-2)9-11-21-12-10-20;;/h3-4,7-8,17,21H,5-6,9-15H2,1-2H3,(H,22,24);2*1H. The summed E-state index contributed by atoms with van der Waals surface area (Å²) in [5, 5.41) is 6.48. The third-order valence-corrected chi connectivity index (χ3v) is 5.75. The SMILES string of the molecule is COc1ccccc1C(CNC(=O)C1(OC)CCNCC1)N1CCCC1.Cl.Cl. The Morgan fingerprint density at radius 1 is 1.18 bits per heavy atom. The van der Waals surface area contributed by atoms with Crippen LogP contribution in [0.2, 0.25) is 0 Å². The monoisotopic (exact) mass is 433 g/mol. The lowest BCUT2D eigenvalue weighted by Crippen LogP contribution is -2.55. The van der Waals surface area contributed by atoms with Crippen molar-refractivity contribution in [2.24, 2.45) is 0 Å². The second-order valence-corrected chi connectivity index (χ2v) is 7.16. The van der Waals surface area contributed by atoms with E-state index < -0.39 is 5.60 Å². The smallest absolute Gasteiger partial charge is 0.252 e. The topological polar surface area (TPSA) is 62.8 Å². The molecule has 1 atom stereocenters. The van der Waals surface area contributed by atoms with E-state index in [4.69, 9.17) is 9.47 Å². The number of carbonyl (C=O) groups is 1. The van der Waals surface area contributed by atoms with Gasteiger partial charge in [0, 0.05) is 19.2 Å². The third-order valence-electron chi connectivity index (χ3n) is 5.75. The zero-order valence-electron chi connectivity index (χ0n) is 16.7. The van der Waals surface area contributed by atoms with Gasteiger partial charge in [-0.2, -0.15) is 0 Å². The van der Waals surface area contributed by atoms with Crippen molar-refractivity contribution in [1.29, 1.82) is 0 Å². The average Bonchev–Trinajstić information content (AvgIpc) is 3.23. The van der Waals surface area contributed by atoms with E-state index in [1.54, 1.807) is 14.2 Å². The Hall–Kier alpha value is -1.05. The number of halogens is 2. The van der Waals surface area contributed by atoms with Gasteiger partial charge < -0.3 is 20.1 Å². The molecule has 2 saturated heterocycles. The molecule has 2 heterocycles. The molecule has 0 bridgehead atoms. The van der Waals surface area contributed by atoms with Gasteiger partial charge in [0.05, 0.1) is 13.2 Å². The number of carbonyl (C=O) groups excluding carboxylic acids is 1. The average molecular weight is 434 g/mol. The highest BCUT2D eigenvalue weighted by molar-refractivity contribution is 5.86. The summed E-state index contributed by atoms with van der Waals surface area (Å²) in [6, 6.07) is 8.23. The number of piperidine rings is 1. The highest BCUT2D eigenvalue weighted by atomic mass is 35.5. The number of para-hydroxylation sites is 1. The molecule has 2 aliphatic heterocycles. The number of nitrogens with one attached hydrogen (secondary N) is 2. The highest BCUT2D eigenvalue weighted by Crippen LogP contribution is 2.31. The first kappa shape index (κ1) is 25.0. The minimum Gasteiger partial charge on any atom is -0.496 e. The molecule has 1 aromatic rings. The fourth-order valence-electron chi connectivity index (χ4n) is 4.14. The van der Waals surface area contributed by atoms with E-state index in [1.165, 1.54) is 12.8 Å². The van der Waals surface area contributed by atoms with Gasteiger partial charge in [-0.1, -0.05) is 18.2 Å². The number of likely N-dealkylation sites (tertiary alicyclic amines) is 1. The Kier molecular flexibility index (Phi) is 10.6. The molecular formula is C20H33Cl2N3O3.